The van der Waals surface area contributed by atoms with Crippen molar-refractivity contribution in [1.29, 1.82) is 0 Å². The lowest BCUT2D eigenvalue weighted by Crippen LogP contribution is -2.58. The molecule has 4 N–H and O–H groups in total. The van der Waals surface area contributed by atoms with E-state index in [1.165, 1.54) is 57.8 Å². The Morgan fingerprint density at radius 3 is 1.77 bits per heavy atom. The van der Waals surface area contributed by atoms with E-state index in [2.05, 4.69) is 33.0 Å². The Morgan fingerprint density at radius 2 is 1.29 bits per heavy atom. The molecule has 0 atom stereocenters. The molecule has 1 saturated heterocycles. The molecule has 0 bridgehead atoms. The summed E-state index contributed by atoms with van der Waals surface area (Å²) in [5.74, 6) is 0.220. The van der Waals surface area contributed by atoms with Crippen molar-refractivity contribution in [2.45, 2.75) is 135 Å². The number of carbonyl (C=O) groups is 2. The highest BCUT2D eigenvalue weighted by molar-refractivity contribution is 5.82. The first-order valence-corrected chi connectivity index (χ1v) is 12.6. The smallest absolute Gasteiger partial charge is 0.220 e. The monoisotopic (exact) mass is 439 g/mol. The third-order valence-electron chi connectivity index (χ3n) is 6.68. The van der Waals surface area contributed by atoms with Crippen LogP contribution >= 0.6 is 0 Å². The van der Waals surface area contributed by atoms with Crippen molar-refractivity contribution < 1.29 is 14.8 Å². The van der Waals surface area contributed by atoms with Gasteiger partial charge in [-0.05, 0) is 52.9 Å². The summed E-state index contributed by atoms with van der Waals surface area (Å²) >= 11 is 0. The molecule has 6 nitrogen and oxygen atoms in total. The van der Waals surface area contributed by atoms with E-state index < -0.39 is 5.91 Å². The molecule has 1 aliphatic heterocycles. The lowest BCUT2D eigenvalue weighted by Gasteiger charge is -2.51. The predicted octanol–water partition coefficient (Wildman–Crippen LogP) is 5.32. The Kier molecular flexibility index (Phi) is 12.7. The molecule has 1 heterocycles. The Hall–Kier alpha value is -1.14. The highest BCUT2D eigenvalue weighted by Crippen LogP contribution is 2.41. The molecule has 0 aromatic carbocycles. The van der Waals surface area contributed by atoms with Crippen LogP contribution in [0.4, 0.5) is 0 Å². The van der Waals surface area contributed by atoms with Crippen LogP contribution in [0.2, 0.25) is 0 Å². The van der Waals surface area contributed by atoms with Crippen LogP contribution in [0.3, 0.4) is 0 Å². The summed E-state index contributed by atoms with van der Waals surface area (Å²) in [5.41, 5.74) is 4.79. The fourth-order valence-corrected chi connectivity index (χ4v) is 5.21. The summed E-state index contributed by atoms with van der Waals surface area (Å²) < 4.78 is 0. The van der Waals surface area contributed by atoms with Gasteiger partial charge in [-0.2, -0.15) is 5.06 Å². The number of nitrogens with two attached hydrogens (primary N) is 1. The van der Waals surface area contributed by atoms with E-state index in [0.29, 0.717) is 6.54 Å². The highest BCUT2D eigenvalue weighted by Gasteiger charge is 2.44. The van der Waals surface area contributed by atoms with Gasteiger partial charge in [-0.15, -0.1) is 0 Å². The van der Waals surface area contributed by atoms with E-state index in [9.17, 15) is 14.8 Å². The van der Waals surface area contributed by atoms with Crippen LogP contribution in [0.15, 0.2) is 0 Å². The molecule has 182 valence electrons. The Bertz CT molecular complexity index is 516. The molecule has 0 aliphatic carbocycles. The lowest BCUT2D eigenvalue weighted by molar-refractivity contribution is -0.251. The van der Waals surface area contributed by atoms with Gasteiger partial charge in [0.15, 0.2) is 0 Å². The van der Waals surface area contributed by atoms with Gasteiger partial charge in [-0.1, -0.05) is 64.2 Å². The normalized spacial score (nSPS) is 18.7. The summed E-state index contributed by atoms with van der Waals surface area (Å²) in [6.07, 6.45) is 16.4. The number of unbranched alkanes of at least 4 members (excludes halogenated alkanes) is 9. The second kappa shape index (κ2) is 14.1. The number of primary amides is 1. The largest absolute Gasteiger partial charge is 0.370 e. The van der Waals surface area contributed by atoms with Crippen LogP contribution in [-0.2, 0) is 9.59 Å². The summed E-state index contributed by atoms with van der Waals surface area (Å²) in [6, 6.07) is 0. The molecule has 1 fully saturated rings. The van der Waals surface area contributed by atoms with Crippen molar-refractivity contribution in [3.8, 4) is 0 Å². The number of nitrogens with zero attached hydrogens (tertiary/aromatic N) is 1. The maximum absolute atomic E-state index is 11.5. The number of piperidine rings is 1. The van der Waals surface area contributed by atoms with E-state index >= 15 is 0 Å². The van der Waals surface area contributed by atoms with Crippen molar-refractivity contribution in [2.75, 3.05) is 6.54 Å². The van der Waals surface area contributed by atoms with Gasteiger partial charge in [0.2, 0.25) is 11.8 Å². The van der Waals surface area contributed by atoms with Crippen molar-refractivity contribution in [3.63, 3.8) is 0 Å². The molecule has 0 radical (unpaired) electrons. The molecule has 1 aliphatic rings. The number of hydrogen-bond donors (Lipinski definition) is 3. The Labute approximate surface area is 190 Å². The molecular formula is C25H49N3O3. The van der Waals surface area contributed by atoms with Gasteiger partial charge in [0, 0.05) is 30.5 Å². The molecule has 0 aromatic heterocycles. The highest BCUT2D eigenvalue weighted by atomic mass is 16.5. The number of amides is 2. The summed E-state index contributed by atoms with van der Waals surface area (Å²) in [4.78, 5) is 22.1. The number of rotatable bonds is 16. The molecule has 0 aromatic rings. The summed E-state index contributed by atoms with van der Waals surface area (Å²) in [5, 5.41) is 14.8. The summed E-state index contributed by atoms with van der Waals surface area (Å²) in [6.45, 7) is 9.32. The molecule has 0 unspecified atom stereocenters. The predicted molar refractivity (Wildman–Crippen MR) is 127 cm³/mol. The topological polar surface area (TPSA) is 95.7 Å². The molecule has 0 spiro atoms. The van der Waals surface area contributed by atoms with Crippen LogP contribution in [0.1, 0.15) is 124 Å². The number of hydroxylamine groups is 2. The second-order valence-corrected chi connectivity index (χ2v) is 10.9. The Morgan fingerprint density at radius 1 is 0.839 bits per heavy atom. The van der Waals surface area contributed by atoms with E-state index in [0.717, 1.165) is 31.6 Å². The van der Waals surface area contributed by atoms with E-state index in [4.69, 9.17) is 5.73 Å². The van der Waals surface area contributed by atoms with E-state index in [1.54, 1.807) is 5.06 Å². The van der Waals surface area contributed by atoms with Gasteiger partial charge < -0.3 is 16.3 Å². The zero-order chi connectivity index (χ0) is 23.3. The van der Waals surface area contributed by atoms with Crippen LogP contribution < -0.4 is 11.1 Å². The maximum atomic E-state index is 11.5. The summed E-state index contributed by atoms with van der Waals surface area (Å²) in [7, 11) is 0. The SMILES string of the molecule is CC1(C)CC(CCCCCCCCCCCCNC(=O)CCC(N)=O)CC(C)(C)N1O. The lowest BCUT2D eigenvalue weighted by atomic mass is 9.73. The van der Waals surface area contributed by atoms with Crippen molar-refractivity contribution in [1.82, 2.24) is 10.4 Å². The fraction of sp³-hybridized carbons (Fsp3) is 0.920. The third-order valence-corrected chi connectivity index (χ3v) is 6.68. The van der Waals surface area contributed by atoms with Crippen LogP contribution in [-0.4, -0.2) is 39.7 Å². The first kappa shape index (κ1) is 27.9. The molecule has 31 heavy (non-hydrogen) atoms. The molecule has 6 heteroatoms. The fourth-order valence-electron chi connectivity index (χ4n) is 5.21. The minimum atomic E-state index is -0.424. The molecular weight excluding hydrogens is 390 g/mol. The standard InChI is InChI=1S/C25H49N3O3/c1-24(2)19-21(20-25(3,4)28(24)31)15-13-11-9-7-5-6-8-10-12-14-18-27-23(30)17-16-22(26)29/h21,31H,5-20H2,1-4H3,(H2,26,29)(H,27,30). The van der Waals surface area contributed by atoms with Gasteiger partial charge in [0.25, 0.3) is 0 Å². The van der Waals surface area contributed by atoms with Gasteiger partial charge in [0.05, 0.1) is 0 Å². The van der Waals surface area contributed by atoms with Crippen molar-refractivity contribution in [2.24, 2.45) is 11.7 Å². The van der Waals surface area contributed by atoms with Crippen molar-refractivity contribution in [3.05, 3.63) is 0 Å². The quantitative estimate of drug-likeness (QED) is 0.284. The first-order valence-electron chi connectivity index (χ1n) is 12.6. The molecule has 1 rings (SSSR count). The number of nitrogens with one attached hydrogen (secondary N) is 1. The number of carbonyl (C=O) groups excluding carboxylic acids is 2. The van der Waals surface area contributed by atoms with Gasteiger partial charge in [-0.3, -0.25) is 9.59 Å². The average molecular weight is 440 g/mol. The van der Waals surface area contributed by atoms with Crippen LogP contribution in [0.25, 0.3) is 0 Å². The zero-order valence-corrected chi connectivity index (χ0v) is 20.7. The van der Waals surface area contributed by atoms with Gasteiger partial charge in [-0.25, -0.2) is 0 Å². The maximum Gasteiger partial charge on any atom is 0.220 e. The van der Waals surface area contributed by atoms with Gasteiger partial charge in [0.1, 0.15) is 0 Å². The average Bonchev–Trinajstić information content (AvgIpc) is 2.67. The first-order chi connectivity index (χ1) is 14.5. The molecule has 2 amide bonds. The van der Waals surface area contributed by atoms with Crippen LogP contribution in [0, 0.1) is 5.92 Å². The second-order valence-electron chi connectivity index (χ2n) is 10.9. The van der Waals surface area contributed by atoms with Gasteiger partial charge >= 0.3 is 0 Å². The molecule has 0 saturated carbocycles. The van der Waals surface area contributed by atoms with E-state index in [-0.39, 0.29) is 29.8 Å². The Balaban J connectivity index is 1.91. The minimum absolute atomic E-state index is 0.0786. The zero-order valence-electron chi connectivity index (χ0n) is 20.7. The van der Waals surface area contributed by atoms with E-state index in [1.807, 2.05) is 0 Å². The third kappa shape index (κ3) is 11.9. The minimum Gasteiger partial charge on any atom is -0.370 e. The van der Waals surface area contributed by atoms with Crippen molar-refractivity contribution >= 4 is 11.8 Å². The number of hydrogen-bond acceptors (Lipinski definition) is 4. The van der Waals surface area contributed by atoms with Crippen LogP contribution in [0.5, 0.6) is 0 Å².